The third kappa shape index (κ3) is 3.89. The van der Waals surface area contributed by atoms with Gasteiger partial charge in [-0.1, -0.05) is 0 Å². The monoisotopic (exact) mass is 352 g/mol. The zero-order chi connectivity index (χ0) is 18.4. The molecule has 6 heteroatoms. The minimum absolute atomic E-state index is 0.333. The van der Waals surface area contributed by atoms with Crippen molar-refractivity contribution in [1.82, 2.24) is 10.3 Å². The Morgan fingerprint density at radius 3 is 2.54 bits per heavy atom. The van der Waals surface area contributed by atoms with Gasteiger partial charge in [0.15, 0.2) is 5.75 Å². The van der Waals surface area contributed by atoms with E-state index in [9.17, 15) is 0 Å². The van der Waals surface area contributed by atoms with Gasteiger partial charge in [0.2, 0.25) is 0 Å². The summed E-state index contributed by atoms with van der Waals surface area (Å²) in [7, 11) is 1.62. The van der Waals surface area contributed by atoms with E-state index >= 15 is 0 Å². The fraction of sp³-hybridized carbons (Fsp3) is 0.400. The summed E-state index contributed by atoms with van der Waals surface area (Å²) >= 11 is 0. The van der Waals surface area contributed by atoms with E-state index < -0.39 is 0 Å². The Bertz CT molecular complexity index is 764. The second-order valence-electron chi connectivity index (χ2n) is 6.12. The van der Waals surface area contributed by atoms with E-state index in [1.54, 1.807) is 7.11 Å². The van der Waals surface area contributed by atoms with Crippen molar-refractivity contribution in [2.24, 2.45) is 0 Å². The summed E-state index contributed by atoms with van der Waals surface area (Å²) in [4.78, 5) is 6.96. The van der Waals surface area contributed by atoms with Crippen molar-refractivity contribution in [3.8, 4) is 17.7 Å². The molecule has 0 spiro atoms. The van der Waals surface area contributed by atoms with Crippen LogP contribution in [0.1, 0.15) is 25.3 Å². The van der Waals surface area contributed by atoms with Crippen LogP contribution in [0.5, 0.6) is 11.6 Å². The molecule has 1 aromatic heterocycles. The van der Waals surface area contributed by atoms with Gasteiger partial charge < -0.3 is 19.7 Å². The molecule has 2 aromatic rings. The van der Waals surface area contributed by atoms with Gasteiger partial charge in [-0.25, -0.2) is 0 Å². The van der Waals surface area contributed by atoms with Gasteiger partial charge in [0, 0.05) is 11.7 Å². The molecule has 26 heavy (non-hydrogen) atoms. The lowest BCUT2D eigenvalue weighted by atomic mass is 10.0. The molecule has 1 N–H and O–H groups in total. The van der Waals surface area contributed by atoms with Crippen molar-refractivity contribution >= 4 is 11.5 Å². The Kier molecular flexibility index (Phi) is 5.92. The Balaban J connectivity index is 2.01. The van der Waals surface area contributed by atoms with Crippen LogP contribution in [0.25, 0.3) is 0 Å². The average Bonchev–Trinajstić information content (AvgIpc) is 2.70. The van der Waals surface area contributed by atoms with Crippen LogP contribution in [0.3, 0.4) is 0 Å². The molecule has 1 fully saturated rings. The minimum atomic E-state index is 0.333. The second-order valence-corrected chi connectivity index (χ2v) is 6.12. The van der Waals surface area contributed by atoms with E-state index in [2.05, 4.69) is 16.3 Å². The lowest BCUT2D eigenvalue weighted by molar-refractivity contribution is 0.298. The lowest BCUT2D eigenvalue weighted by Gasteiger charge is -2.35. The first-order valence-electron chi connectivity index (χ1n) is 8.94. The highest BCUT2D eigenvalue weighted by Crippen LogP contribution is 2.34. The third-order valence-electron chi connectivity index (χ3n) is 4.51. The van der Waals surface area contributed by atoms with Gasteiger partial charge in [-0.05, 0) is 69.3 Å². The maximum absolute atomic E-state index is 9.07. The summed E-state index contributed by atoms with van der Waals surface area (Å²) < 4.78 is 11.0. The molecule has 0 saturated carbocycles. The first kappa shape index (κ1) is 18.0. The lowest BCUT2D eigenvalue weighted by Crippen LogP contribution is -2.41. The normalized spacial score (nSPS) is 14.5. The van der Waals surface area contributed by atoms with E-state index in [0.717, 1.165) is 37.4 Å². The Hall–Kier alpha value is -2.78. The van der Waals surface area contributed by atoms with Crippen LogP contribution in [-0.4, -0.2) is 37.8 Å². The van der Waals surface area contributed by atoms with Crippen LogP contribution in [0, 0.1) is 11.3 Å². The molecule has 0 amide bonds. The number of rotatable bonds is 6. The van der Waals surface area contributed by atoms with Crippen LogP contribution >= 0.6 is 0 Å². The number of nitriles is 1. The Morgan fingerprint density at radius 2 is 1.92 bits per heavy atom. The number of pyridine rings is 1. The summed E-state index contributed by atoms with van der Waals surface area (Å²) in [6.07, 6.45) is 2.05. The molecule has 1 aliphatic heterocycles. The maximum Gasteiger partial charge on any atom is 0.258 e. The van der Waals surface area contributed by atoms with Gasteiger partial charge >= 0.3 is 0 Å². The fourth-order valence-corrected chi connectivity index (χ4v) is 3.24. The fourth-order valence-electron chi connectivity index (χ4n) is 3.24. The molecule has 0 bridgehead atoms. The van der Waals surface area contributed by atoms with Crippen molar-refractivity contribution in [2.45, 2.75) is 25.8 Å². The van der Waals surface area contributed by atoms with Crippen LogP contribution in [0.4, 0.5) is 11.5 Å². The molecule has 3 rings (SSSR count). The zero-order valence-corrected chi connectivity index (χ0v) is 15.2. The number of nitrogens with zero attached hydrogens (tertiary/aromatic N) is 3. The predicted octanol–water partition coefficient (Wildman–Crippen LogP) is 3.25. The standard InChI is InChI=1S/C20H24N4O2/c1-3-26-20-18(25-2)8-9-19(23-20)24(17-10-12-22-13-11-17)16-6-4-15(14-21)5-7-16/h4-9,17,22H,3,10-13H2,1-2H3. The van der Waals surface area contributed by atoms with Crippen molar-refractivity contribution in [3.63, 3.8) is 0 Å². The van der Waals surface area contributed by atoms with Crippen molar-refractivity contribution < 1.29 is 9.47 Å². The van der Waals surface area contributed by atoms with Gasteiger partial charge in [0.05, 0.1) is 25.3 Å². The van der Waals surface area contributed by atoms with Crippen molar-refractivity contribution in [1.29, 1.82) is 5.26 Å². The summed E-state index contributed by atoms with van der Waals surface area (Å²) in [5, 5.41) is 12.5. The molecule has 0 unspecified atom stereocenters. The summed E-state index contributed by atoms with van der Waals surface area (Å²) in [6.45, 7) is 4.41. The quantitative estimate of drug-likeness (QED) is 0.860. The zero-order valence-electron chi connectivity index (χ0n) is 15.2. The number of piperidine rings is 1. The first-order chi connectivity index (χ1) is 12.8. The van der Waals surface area contributed by atoms with Gasteiger partial charge in [-0.3, -0.25) is 0 Å². The van der Waals surface area contributed by atoms with Crippen LogP contribution in [-0.2, 0) is 0 Å². The number of aromatic nitrogens is 1. The van der Waals surface area contributed by atoms with E-state index in [1.807, 2.05) is 43.3 Å². The Morgan fingerprint density at radius 1 is 1.19 bits per heavy atom. The summed E-state index contributed by atoms with van der Waals surface area (Å²) in [5.41, 5.74) is 1.67. The predicted molar refractivity (Wildman–Crippen MR) is 101 cm³/mol. The molecule has 0 radical (unpaired) electrons. The third-order valence-corrected chi connectivity index (χ3v) is 4.51. The van der Waals surface area contributed by atoms with Crippen LogP contribution in [0.2, 0.25) is 0 Å². The highest BCUT2D eigenvalue weighted by molar-refractivity contribution is 5.63. The number of nitrogens with one attached hydrogen (secondary N) is 1. The number of methoxy groups -OCH3 is 1. The van der Waals surface area contributed by atoms with Crippen molar-refractivity contribution in [2.75, 3.05) is 31.7 Å². The van der Waals surface area contributed by atoms with E-state index in [0.29, 0.717) is 29.8 Å². The van der Waals surface area contributed by atoms with E-state index in [1.165, 1.54) is 0 Å². The molecule has 1 aromatic carbocycles. The minimum Gasteiger partial charge on any atom is -0.491 e. The maximum atomic E-state index is 9.07. The highest BCUT2D eigenvalue weighted by Gasteiger charge is 2.25. The molecule has 6 nitrogen and oxygen atoms in total. The Labute approximate surface area is 154 Å². The first-order valence-corrected chi connectivity index (χ1v) is 8.94. The van der Waals surface area contributed by atoms with Crippen LogP contribution < -0.4 is 19.7 Å². The van der Waals surface area contributed by atoms with Gasteiger partial charge in [-0.2, -0.15) is 10.2 Å². The molecule has 1 saturated heterocycles. The van der Waals surface area contributed by atoms with Crippen LogP contribution in [0.15, 0.2) is 36.4 Å². The SMILES string of the molecule is CCOc1nc(N(c2ccc(C#N)cc2)C2CCNCC2)ccc1OC. The molecular formula is C20H24N4O2. The number of anilines is 2. The van der Waals surface area contributed by atoms with Gasteiger partial charge in [0.25, 0.3) is 5.88 Å². The average molecular weight is 352 g/mol. The van der Waals surface area contributed by atoms with Gasteiger partial charge in [0.1, 0.15) is 5.82 Å². The second kappa shape index (κ2) is 8.54. The number of hydrogen-bond donors (Lipinski definition) is 1. The smallest absolute Gasteiger partial charge is 0.258 e. The summed E-state index contributed by atoms with van der Waals surface area (Å²) in [6, 6.07) is 14.0. The van der Waals surface area contributed by atoms with Gasteiger partial charge in [-0.15, -0.1) is 0 Å². The number of hydrogen-bond acceptors (Lipinski definition) is 6. The molecule has 0 aliphatic carbocycles. The largest absolute Gasteiger partial charge is 0.491 e. The molecule has 0 atom stereocenters. The highest BCUT2D eigenvalue weighted by atomic mass is 16.5. The van der Waals surface area contributed by atoms with Crippen molar-refractivity contribution in [3.05, 3.63) is 42.0 Å². The number of benzene rings is 1. The van der Waals surface area contributed by atoms with E-state index in [4.69, 9.17) is 19.7 Å². The molecular weight excluding hydrogens is 328 g/mol. The molecule has 2 heterocycles. The molecule has 1 aliphatic rings. The van der Waals surface area contributed by atoms with E-state index in [-0.39, 0.29) is 0 Å². The summed E-state index contributed by atoms with van der Waals surface area (Å²) in [5.74, 6) is 1.95. The number of ether oxygens (including phenoxy) is 2. The molecule has 136 valence electrons. The topological polar surface area (TPSA) is 70.4 Å².